The molecular formula is C20H26N4O. The smallest absolute Gasteiger partial charge is 0.254 e. The lowest BCUT2D eigenvalue weighted by Crippen LogP contribution is -2.38. The van der Waals surface area contributed by atoms with Crippen LogP contribution in [0.3, 0.4) is 0 Å². The van der Waals surface area contributed by atoms with Crippen LogP contribution < -0.4 is 0 Å². The summed E-state index contributed by atoms with van der Waals surface area (Å²) in [4.78, 5) is 17.6. The fraction of sp³-hybridized carbons (Fsp3) is 0.500. The van der Waals surface area contributed by atoms with E-state index in [1.807, 2.05) is 34.0 Å². The van der Waals surface area contributed by atoms with Gasteiger partial charge in [0.1, 0.15) is 0 Å². The number of nitrogens with zero attached hydrogens (tertiary/aromatic N) is 4. The zero-order valence-corrected chi connectivity index (χ0v) is 14.7. The highest BCUT2D eigenvalue weighted by Crippen LogP contribution is 2.22. The number of amides is 1. The molecule has 0 radical (unpaired) electrons. The maximum atomic E-state index is 13.1. The van der Waals surface area contributed by atoms with Crippen LogP contribution in [0.15, 0.2) is 42.7 Å². The molecule has 0 saturated carbocycles. The zero-order chi connectivity index (χ0) is 17.1. The highest BCUT2D eigenvalue weighted by molar-refractivity contribution is 5.94. The molecule has 2 aliphatic heterocycles. The molecule has 5 nitrogen and oxygen atoms in total. The number of likely N-dealkylation sites (tertiary alicyclic amines) is 2. The molecule has 0 bridgehead atoms. The Labute approximate surface area is 149 Å². The van der Waals surface area contributed by atoms with Crippen LogP contribution in [0.4, 0.5) is 0 Å². The van der Waals surface area contributed by atoms with Crippen LogP contribution in [0.25, 0.3) is 0 Å². The van der Waals surface area contributed by atoms with E-state index < -0.39 is 0 Å². The van der Waals surface area contributed by atoms with Gasteiger partial charge >= 0.3 is 0 Å². The van der Waals surface area contributed by atoms with Crippen molar-refractivity contribution in [3.05, 3.63) is 53.9 Å². The number of aromatic nitrogens is 2. The third-order valence-electron chi connectivity index (χ3n) is 5.37. The molecule has 132 valence electrons. The van der Waals surface area contributed by atoms with Crippen molar-refractivity contribution in [1.82, 2.24) is 19.6 Å². The molecule has 2 aromatic rings. The van der Waals surface area contributed by atoms with Crippen molar-refractivity contribution in [1.29, 1.82) is 0 Å². The van der Waals surface area contributed by atoms with E-state index in [4.69, 9.17) is 0 Å². The molecule has 3 heterocycles. The fourth-order valence-electron chi connectivity index (χ4n) is 4.08. The van der Waals surface area contributed by atoms with Crippen molar-refractivity contribution in [2.45, 2.75) is 44.8 Å². The number of benzene rings is 1. The first-order valence-corrected chi connectivity index (χ1v) is 9.39. The summed E-state index contributed by atoms with van der Waals surface area (Å²) in [6, 6.07) is 10.4. The van der Waals surface area contributed by atoms with E-state index in [2.05, 4.69) is 22.1 Å². The molecule has 0 spiro atoms. The monoisotopic (exact) mass is 338 g/mol. The summed E-state index contributed by atoms with van der Waals surface area (Å²) in [5, 5.41) is 4.29. The van der Waals surface area contributed by atoms with Gasteiger partial charge in [-0.05, 0) is 62.5 Å². The molecule has 0 aliphatic carbocycles. The van der Waals surface area contributed by atoms with Crippen LogP contribution in [0.5, 0.6) is 0 Å². The molecule has 1 amide bonds. The molecule has 5 heteroatoms. The molecule has 2 saturated heterocycles. The Morgan fingerprint density at radius 2 is 2.00 bits per heavy atom. The second-order valence-electron chi connectivity index (χ2n) is 7.21. The lowest BCUT2D eigenvalue weighted by molar-refractivity contribution is 0.0721. The Hall–Kier alpha value is -2.14. The van der Waals surface area contributed by atoms with Gasteiger partial charge < -0.3 is 4.90 Å². The second-order valence-corrected chi connectivity index (χ2v) is 7.21. The van der Waals surface area contributed by atoms with Crippen LogP contribution in [-0.4, -0.2) is 51.2 Å². The van der Waals surface area contributed by atoms with Gasteiger partial charge in [0, 0.05) is 31.0 Å². The van der Waals surface area contributed by atoms with E-state index in [0.29, 0.717) is 0 Å². The highest BCUT2D eigenvalue weighted by Gasteiger charge is 2.29. The predicted molar refractivity (Wildman–Crippen MR) is 97.2 cm³/mol. The lowest BCUT2D eigenvalue weighted by Gasteiger charge is -2.25. The zero-order valence-electron chi connectivity index (χ0n) is 14.7. The lowest BCUT2D eigenvalue weighted by atomic mass is 10.1. The van der Waals surface area contributed by atoms with Gasteiger partial charge in [-0.3, -0.25) is 14.4 Å². The van der Waals surface area contributed by atoms with Gasteiger partial charge in [0.2, 0.25) is 0 Å². The van der Waals surface area contributed by atoms with Crippen molar-refractivity contribution in [2.75, 3.05) is 19.6 Å². The van der Waals surface area contributed by atoms with E-state index in [1.54, 1.807) is 6.20 Å². The minimum absolute atomic E-state index is 0.165. The van der Waals surface area contributed by atoms with Crippen molar-refractivity contribution < 1.29 is 4.79 Å². The topological polar surface area (TPSA) is 41.4 Å². The van der Waals surface area contributed by atoms with Gasteiger partial charge in [0.05, 0.1) is 12.6 Å². The predicted octanol–water partition coefficient (Wildman–Crippen LogP) is 2.78. The van der Waals surface area contributed by atoms with Crippen molar-refractivity contribution in [3.63, 3.8) is 0 Å². The van der Waals surface area contributed by atoms with Crippen molar-refractivity contribution in [3.8, 4) is 0 Å². The number of hydrogen-bond donors (Lipinski definition) is 0. The van der Waals surface area contributed by atoms with Gasteiger partial charge in [-0.15, -0.1) is 0 Å². The minimum Gasteiger partial charge on any atom is -0.334 e. The molecule has 0 N–H and O–H groups in total. The standard InChI is InChI=1S/C20H26N4O/c25-20(24-13-4-8-19(24)16-23-12-5-9-21-23)18-7-3-6-17(14-18)15-22-10-1-2-11-22/h3,5-7,9,12,14,19H,1-2,4,8,10-11,13,15-16H2/t19-/m1/s1. The molecule has 1 aromatic heterocycles. The van der Waals surface area contributed by atoms with Crippen LogP contribution in [0.2, 0.25) is 0 Å². The first-order chi connectivity index (χ1) is 12.3. The van der Waals surface area contributed by atoms with Crippen LogP contribution in [0, 0.1) is 0 Å². The summed E-state index contributed by atoms with van der Waals surface area (Å²) in [5.74, 6) is 0.165. The van der Waals surface area contributed by atoms with Crippen molar-refractivity contribution in [2.24, 2.45) is 0 Å². The average Bonchev–Trinajstić information content (AvgIpc) is 3.38. The Morgan fingerprint density at radius 3 is 2.80 bits per heavy atom. The second kappa shape index (κ2) is 7.40. The number of hydrogen-bond acceptors (Lipinski definition) is 3. The summed E-state index contributed by atoms with van der Waals surface area (Å²) in [6.45, 7) is 4.94. The van der Waals surface area contributed by atoms with Gasteiger partial charge in [-0.25, -0.2) is 0 Å². The van der Waals surface area contributed by atoms with Crippen LogP contribution in [0.1, 0.15) is 41.6 Å². The first-order valence-electron chi connectivity index (χ1n) is 9.39. The molecule has 2 aliphatic rings. The molecule has 1 atom stereocenters. The van der Waals surface area contributed by atoms with E-state index in [9.17, 15) is 4.79 Å². The summed E-state index contributed by atoms with van der Waals surface area (Å²) in [5.41, 5.74) is 2.07. The minimum atomic E-state index is 0.165. The summed E-state index contributed by atoms with van der Waals surface area (Å²) in [7, 11) is 0. The molecule has 4 rings (SSSR count). The van der Waals surface area contributed by atoms with E-state index in [-0.39, 0.29) is 11.9 Å². The maximum Gasteiger partial charge on any atom is 0.254 e. The third-order valence-corrected chi connectivity index (χ3v) is 5.37. The SMILES string of the molecule is O=C(c1cccc(CN2CCCC2)c1)N1CCC[C@@H]1Cn1cccn1. The molecule has 1 aromatic carbocycles. The van der Waals surface area contributed by atoms with Gasteiger partial charge in [-0.2, -0.15) is 5.10 Å². The number of carbonyl (C=O) groups excluding carboxylic acids is 1. The molecule has 2 fully saturated rings. The summed E-state index contributed by atoms with van der Waals surface area (Å²) in [6.07, 6.45) is 8.48. The average molecular weight is 338 g/mol. The van der Waals surface area contributed by atoms with Crippen LogP contribution in [-0.2, 0) is 13.1 Å². The highest BCUT2D eigenvalue weighted by atomic mass is 16.2. The Bertz CT molecular complexity index is 706. The van der Waals surface area contributed by atoms with Crippen LogP contribution >= 0.6 is 0 Å². The van der Waals surface area contributed by atoms with Gasteiger partial charge in [0.15, 0.2) is 0 Å². The van der Waals surface area contributed by atoms with Crippen molar-refractivity contribution >= 4 is 5.91 Å². The number of carbonyl (C=O) groups is 1. The quantitative estimate of drug-likeness (QED) is 0.842. The molecule has 25 heavy (non-hydrogen) atoms. The Kier molecular flexibility index (Phi) is 4.83. The summed E-state index contributed by atoms with van der Waals surface area (Å²) >= 11 is 0. The fourth-order valence-corrected chi connectivity index (χ4v) is 4.08. The van der Waals surface area contributed by atoms with Gasteiger partial charge in [0.25, 0.3) is 5.91 Å². The molecular weight excluding hydrogens is 312 g/mol. The maximum absolute atomic E-state index is 13.1. The van der Waals surface area contributed by atoms with E-state index in [0.717, 1.165) is 38.0 Å². The first kappa shape index (κ1) is 16.3. The number of rotatable bonds is 5. The van der Waals surface area contributed by atoms with E-state index in [1.165, 1.54) is 31.5 Å². The Balaban J connectivity index is 1.45. The summed E-state index contributed by atoms with van der Waals surface area (Å²) < 4.78 is 1.93. The third kappa shape index (κ3) is 3.76. The Morgan fingerprint density at radius 1 is 1.12 bits per heavy atom. The van der Waals surface area contributed by atoms with E-state index >= 15 is 0 Å². The van der Waals surface area contributed by atoms with Gasteiger partial charge in [-0.1, -0.05) is 12.1 Å². The normalized spacial score (nSPS) is 21.1. The molecule has 0 unspecified atom stereocenters. The largest absolute Gasteiger partial charge is 0.334 e.